The van der Waals surface area contributed by atoms with Crippen molar-refractivity contribution in [2.45, 2.75) is 19.4 Å². The number of anilines is 1. The molecule has 19 heavy (non-hydrogen) atoms. The van der Waals surface area contributed by atoms with E-state index in [1.54, 1.807) is 13.0 Å². The van der Waals surface area contributed by atoms with Crippen LogP contribution >= 0.6 is 0 Å². The molecule has 0 aliphatic carbocycles. The van der Waals surface area contributed by atoms with Crippen LogP contribution in [0.4, 0.5) is 10.1 Å². The molecule has 1 unspecified atom stereocenters. The van der Waals surface area contributed by atoms with Crippen molar-refractivity contribution in [3.63, 3.8) is 0 Å². The van der Waals surface area contributed by atoms with Gasteiger partial charge in [0.2, 0.25) is 0 Å². The van der Waals surface area contributed by atoms with E-state index in [0.29, 0.717) is 12.1 Å². The van der Waals surface area contributed by atoms with Gasteiger partial charge in [0.25, 0.3) is 0 Å². The van der Waals surface area contributed by atoms with Gasteiger partial charge in [0.05, 0.1) is 6.54 Å². The molecule has 1 atom stereocenters. The lowest BCUT2D eigenvalue weighted by atomic mass is 10.1. The van der Waals surface area contributed by atoms with Crippen molar-refractivity contribution >= 4 is 5.69 Å². The minimum absolute atomic E-state index is 0.111. The van der Waals surface area contributed by atoms with Gasteiger partial charge < -0.3 is 10.1 Å². The molecule has 3 heteroatoms. The Labute approximate surface area is 112 Å². The van der Waals surface area contributed by atoms with Gasteiger partial charge in [0, 0.05) is 17.7 Å². The first kappa shape index (κ1) is 12.0. The third-order valence-electron chi connectivity index (χ3n) is 3.50. The monoisotopic (exact) mass is 257 g/mol. The zero-order valence-corrected chi connectivity index (χ0v) is 10.8. The summed E-state index contributed by atoms with van der Waals surface area (Å²) < 4.78 is 19.3. The molecule has 3 rings (SSSR count). The topological polar surface area (TPSA) is 21.3 Å². The molecule has 0 fully saturated rings. The van der Waals surface area contributed by atoms with Crippen LogP contribution in [0.5, 0.6) is 5.75 Å². The molecule has 0 saturated carbocycles. The molecular formula is C16H16FNO. The molecule has 0 spiro atoms. The number of ether oxygens (including phenoxy) is 1. The lowest BCUT2D eigenvalue weighted by Crippen LogP contribution is -2.24. The second-order valence-electron chi connectivity index (χ2n) is 4.85. The fourth-order valence-electron chi connectivity index (χ4n) is 2.39. The fourth-order valence-corrected chi connectivity index (χ4v) is 2.39. The molecule has 2 aromatic rings. The Morgan fingerprint density at radius 2 is 2.05 bits per heavy atom. The largest absolute Gasteiger partial charge is 0.488 e. The SMILES string of the molecule is Cc1c(F)cccc1NCC1Cc2ccccc2O1. The Balaban J connectivity index is 1.64. The zero-order chi connectivity index (χ0) is 13.2. The molecule has 0 radical (unpaired) electrons. The number of hydrogen-bond acceptors (Lipinski definition) is 2. The van der Waals surface area contributed by atoms with E-state index in [4.69, 9.17) is 4.74 Å². The van der Waals surface area contributed by atoms with Crippen molar-refractivity contribution in [2.24, 2.45) is 0 Å². The van der Waals surface area contributed by atoms with E-state index in [-0.39, 0.29) is 11.9 Å². The first-order valence-corrected chi connectivity index (χ1v) is 6.47. The molecule has 1 heterocycles. The summed E-state index contributed by atoms with van der Waals surface area (Å²) in [6, 6.07) is 13.2. The van der Waals surface area contributed by atoms with Gasteiger partial charge in [-0.2, -0.15) is 0 Å². The first-order chi connectivity index (χ1) is 9.24. The van der Waals surface area contributed by atoms with Crippen LogP contribution < -0.4 is 10.1 Å². The Kier molecular flexibility index (Phi) is 3.11. The van der Waals surface area contributed by atoms with Crippen molar-refractivity contribution in [3.8, 4) is 5.75 Å². The smallest absolute Gasteiger partial charge is 0.128 e. The number of nitrogens with one attached hydrogen (secondary N) is 1. The van der Waals surface area contributed by atoms with Crippen LogP contribution in [0.3, 0.4) is 0 Å². The summed E-state index contributed by atoms with van der Waals surface area (Å²) >= 11 is 0. The summed E-state index contributed by atoms with van der Waals surface area (Å²) in [5, 5.41) is 3.27. The van der Waals surface area contributed by atoms with Crippen LogP contribution in [-0.2, 0) is 6.42 Å². The molecule has 0 saturated heterocycles. The van der Waals surface area contributed by atoms with E-state index in [1.165, 1.54) is 11.6 Å². The normalized spacial score (nSPS) is 16.8. The summed E-state index contributed by atoms with van der Waals surface area (Å²) in [4.78, 5) is 0. The number of fused-ring (bicyclic) bond motifs is 1. The van der Waals surface area contributed by atoms with E-state index >= 15 is 0 Å². The van der Waals surface area contributed by atoms with Crippen LogP contribution in [0.25, 0.3) is 0 Å². The Morgan fingerprint density at radius 3 is 2.89 bits per heavy atom. The van der Waals surface area contributed by atoms with Gasteiger partial charge in [-0.05, 0) is 30.7 Å². The minimum atomic E-state index is -0.180. The molecule has 0 bridgehead atoms. The highest BCUT2D eigenvalue weighted by Crippen LogP contribution is 2.28. The van der Waals surface area contributed by atoms with Gasteiger partial charge in [-0.25, -0.2) is 4.39 Å². The number of halogens is 1. The average Bonchev–Trinajstić information content (AvgIpc) is 2.83. The predicted octanol–water partition coefficient (Wildman–Crippen LogP) is 3.55. The van der Waals surface area contributed by atoms with Crippen molar-refractivity contribution in [3.05, 3.63) is 59.4 Å². The van der Waals surface area contributed by atoms with Crippen molar-refractivity contribution in [1.29, 1.82) is 0 Å². The van der Waals surface area contributed by atoms with Crippen LogP contribution in [-0.4, -0.2) is 12.6 Å². The molecule has 1 N–H and O–H groups in total. The lowest BCUT2D eigenvalue weighted by Gasteiger charge is -2.14. The maximum absolute atomic E-state index is 13.4. The minimum Gasteiger partial charge on any atom is -0.488 e. The maximum atomic E-state index is 13.4. The second-order valence-corrected chi connectivity index (χ2v) is 4.85. The molecule has 0 amide bonds. The Morgan fingerprint density at radius 1 is 1.21 bits per heavy atom. The van der Waals surface area contributed by atoms with Crippen LogP contribution in [0.2, 0.25) is 0 Å². The highest BCUT2D eigenvalue weighted by Gasteiger charge is 2.22. The van der Waals surface area contributed by atoms with E-state index in [2.05, 4.69) is 11.4 Å². The second kappa shape index (κ2) is 4.92. The molecule has 0 aromatic heterocycles. The molecule has 2 aromatic carbocycles. The van der Waals surface area contributed by atoms with Gasteiger partial charge in [-0.15, -0.1) is 0 Å². The van der Waals surface area contributed by atoms with E-state index in [0.717, 1.165) is 17.9 Å². The fraction of sp³-hybridized carbons (Fsp3) is 0.250. The van der Waals surface area contributed by atoms with Crippen LogP contribution in [0.15, 0.2) is 42.5 Å². The summed E-state index contributed by atoms with van der Waals surface area (Å²) in [6.07, 6.45) is 1.01. The highest BCUT2D eigenvalue weighted by atomic mass is 19.1. The third-order valence-corrected chi connectivity index (χ3v) is 3.50. The molecule has 98 valence electrons. The summed E-state index contributed by atoms with van der Waals surface area (Å²) in [6.45, 7) is 2.46. The molecular weight excluding hydrogens is 241 g/mol. The van der Waals surface area contributed by atoms with Gasteiger partial charge in [-0.1, -0.05) is 24.3 Å². The lowest BCUT2D eigenvalue weighted by molar-refractivity contribution is 0.246. The highest BCUT2D eigenvalue weighted by molar-refractivity contribution is 5.51. The Hall–Kier alpha value is -2.03. The van der Waals surface area contributed by atoms with Gasteiger partial charge in [0.1, 0.15) is 17.7 Å². The van der Waals surface area contributed by atoms with Gasteiger partial charge >= 0.3 is 0 Å². The number of benzene rings is 2. The maximum Gasteiger partial charge on any atom is 0.128 e. The Bertz CT molecular complexity index is 572. The quantitative estimate of drug-likeness (QED) is 0.908. The molecule has 1 aliphatic heterocycles. The third kappa shape index (κ3) is 2.41. The van der Waals surface area contributed by atoms with E-state index < -0.39 is 0 Å². The van der Waals surface area contributed by atoms with Crippen molar-refractivity contribution < 1.29 is 9.13 Å². The molecule has 2 nitrogen and oxygen atoms in total. The van der Waals surface area contributed by atoms with E-state index in [9.17, 15) is 4.39 Å². The van der Waals surface area contributed by atoms with Gasteiger partial charge in [-0.3, -0.25) is 0 Å². The predicted molar refractivity (Wildman–Crippen MR) is 74.2 cm³/mol. The van der Waals surface area contributed by atoms with Crippen LogP contribution in [0, 0.1) is 12.7 Å². The van der Waals surface area contributed by atoms with E-state index in [1.807, 2.05) is 24.3 Å². The number of rotatable bonds is 3. The van der Waals surface area contributed by atoms with Crippen LogP contribution in [0.1, 0.15) is 11.1 Å². The number of para-hydroxylation sites is 1. The summed E-state index contributed by atoms with van der Waals surface area (Å²) in [5.41, 5.74) is 2.72. The zero-order valence-electron chi connectivity index (χ0n) is 10.8. The average molecular weight is 257 g/mol. The summed E-state index contributed by atoms with van der Waals surface area (Å²) in [7, 11) is 0. The number of hydrogen-bond donors (Lipinski definition) is 1. The van der Waals surface area contributed by atoms with Gasteiger partial charge in [0.15, 0.2) is 0 Å². The standard InChI is InChI=1S/C16H16FNO/c1-11-14(17)6-4-7-15(11)18-10-13-9-12-5-2-3-8-16(12)19-13/h2-8,13,18H,9-10H2,1H3. The first-order valence-electron chi connectivity index (χ1n) is 6.47. The van der Waals surface area contributed by atoms with Crippen molar-refractivity contribution in [1.82, 2.24) is 0 Å². The molecule has 1 aliphatic rings. The summed E-state index contributed by atoms with van der Waals surface area (Å²) in [5.74, 6) is 0.783. The van der Waals surface area contributed by atoms with Crippen molar-refractivity contribution in [2.75, 3.05) is 11.9 Å².